The van der Waals surface area contributed by atoms with Crippen LogP contribution in [0.25, 0.3) is 0 Å². The van der Waals surface area contributed by atoms with Crippen LogP contribution in [0, 0.1) is 0 Å². The molecule has 2 heterocycles. The van der Waals surface area contributed by atoms with Gasteiger partial charge in [0.25, 0.3) is 0 Å². The van der Waals surface area contributed by atoms with Crippen LogP contribution < -0.4 is 9.47 Å². The van der Waals surface area contributed by atoms with Gasteiger partial charge < -0.3 is 19.7 Å². The number of benzene rings is 2. The Bertz CT molecular complexity index is 794. The van der Waals surface area contributed by atoms with Gasteiger partial charge in [-0.3, -0.25) is 0 Å². The second-order valence-electron chi connectivity index (χ2n) is 7.38. The standard InChI is InChI=1S/C20H22O4/c1-20(2)6-5-13-8-16(17(22)10-19(13)24-20)14-7-12-3-4-15(21)9-18(12)23-11-14/h3-4,8-10,14,21-22H,5-7,11H2,1-2H3. The van der Waals surface area contributed by atoms with E-state index in [1.54, 1.807) is 18.2 Å². The summed E-state index contributed by atoms with van der Waals surface area (Å²) in [5.41, 5.74) is 2.93. The predicted octanol–water partition coefficient (Wildman–Crippen LogP) is 3.92. The molecule has 2 N–H and O–H groups in total. The Balaban J connectivity index is 1.65. The molecule has 0 bridgehead atoms. The van der Waals surface area contributed by atoms with E-state index in [4.69, 9.17) is 9.47 Å². The summed E-state index contributed by atoms with van der Waals surface area (Å²) in [6.45, 7) is 4.64. The van der Waals surface area contributed by atoms with Gasteiger partial charge in [-0.15, -0.1) is 0 Å². The number of phenolic OH excluding ortho intramolecular Hbond substituents is 2. The molecule has 126 valence electrons. The molecule has 2 aliphatic rings. The summed E-state index contributed by atoms with van der Waals surface area (Å²) in [7, 11) is 0. The minimum absolute atomic E-state index is 0.0993. The van der Waals surface area contributed by atoms with Gasteiger partial charge in [-0.25, -0.2) is 0 Å². The maximum atomic E-state index is 10.5. The topological polar surface area (TPSA) is 58.9 Å². The number of ether oxygens (including phenoxy) is 2. The van der Waals surface area contributed by atoms with Crippen molar-refractivity contribution < 1.29 is 19.7 Å². The second kappa shape index (κ2) is 5.33. The molecule has 0 aliphatic carbocycles. The minimum atomic E-state index is -0.185. The maximum absolute atomic E-state index is 10.5. The number of hydrogen-bond donors (Lipinski definition) is 2. The molecule has 0 saturated carbocycles. The zero-order valence-electron chi connectivity index (χ0n) is 14.0. The van der Waals surface area contributed by atoms with Crippen LogP contribution in [0.4, 0.5) is 0 Å². The quantitative estimate of drug-likeness (QED) is 0.834. The first kappa shape index (κ1) is 15.2. The van der Waals surface area contributed by atoms with Crippen molar-refractivity contribution in [3.05, 3.63) is 47.0 Å². The molecule has 4 heteroatoms. The van der Waals surface area contributed by atoms with E-state index in [0.29, 0.717) is 6.61 Å². The van der Waals surface area contributed by atoms with Crippen molar-refractivity contribution in [1.82, 2.24) is 0 Å². The number of fused-ring (bicyclic) bond motifs is 2. The lowest BCUT2D eigenvalue weighted by Crippen LogP contribution is -2.32. The smallest absolute Gasteiger partial charge is 0.127 e. The number of hydrogen-bond acceptors (Lipinski definition) is 4. The van der Waals surface area contributed by atoms with Gasteiger partial charge in [-0.05, 0) is 56.4 Å². The Morgan fingerprint density at radius 1 is 1.04 bits per heavy atom. The molecule has 0 amide bonds. The van der Waals surface area contributed by atoms with Crippen LogP contribution in [0.5, 0.6) is 23.0 Å². The monoisotopic (exact) mass is 326 g/mol. The Morgan fingerprint density at radius 2 is 1.88 bits per heavy atom. The molecule has 0 spiro atoms. The molecule has 0 radical (unpaired) electrons. The summed E-state index contributed by atoms with van der Waals surface area (Å²) < 4.78 is 11.8. The molecule has 0 aromatic heterocycles. The summed E-state index contributed by atoms with van der Waals surface area (Å²) in [6, 6.07) is 9.02. The lowest BCUT2D eigenvalue weighted by Gasteiger charge is -2.34. The summed E-state index contributed by atoms with van der Waals surface area (Å²) >= 11 is 0. The molecule has 2 aromatic carbocycles. The van der Waals surface area contributed by atoms with E-state index in [9.17, 15) is 10.2 Å². The highest BCUT2D eigenvalue weighted by molar-refractivity contribution is 5.50. The molecule has 0 fully saturated rings. The first-order valence-electron chi connectivity index (χ1n) is 8.41. The Kier molecular flexibility index (Phi) is 3.37. The van der Waals surface area contributed by atoms with Crippen molar-refractivity contribution in [2.24, 2.45) is 0 Å². The van der Waals surface area contributed by atoms with Gasteiger partial charge in [0.15, 0.2) is 0 Å². The Morgan fingerprint density at radius 3 is 2.71 bits per heavy atom. The van der Waals surface area contributed by atoms with Crippen molar-refractivity contribution >= 4 is 0 Å². The van der Waals surface area contributed by atoms with Gasteiger partial charge in [-0.1, -0.05) is 6.07 Å². The molecule has 4 nitrogen and oxygen atoms in total. The number of phenols is 2. The Hall–Kier alpha value is -2.36. The zero-order chi connectivity index (χ0) is 16.9. The number of aromatic hydroxyl groups is 2. The van der Waals surface area contributed by atoms with Gasteiger partial charge in [-0.2, -0.15) is 0 Å². The van der Waals surface area contributed by atoms with Crippen molar-refractivity contribution in [3.8, 4) is 23.0 Å². The van der Waals surface area contributed by atoms with E-state index in [-0.39, 0.29) is 23.0 Å². The number of rotatable bonds is 1. The molecule has 2 aromatic rings. The third-order valence-corrected chi connectivity index (χ3v) is 4.99. The van der Waals surface area contributed by atoms with Gasteiger partial charge in [0.05, 0.1) is 6.61 Å². The van der Waals surface area contributed by atoms with E-state index < -0.39 is 0 Å². The minimum Gasteiger partial charge on any atom is -0.508 e. The predicted molar refractivity (Wildman–Crippen MR) is 91.2 cm³/mol. The van der Waals surface area contributed by atoms with Gasteiger partial charge in [0.1, 0.15) is 28.6 Å². The summed E-state index contributed by atoms with van der Waals surface area (Å²) in [5, 5.41) is 20.1. The lowest BCUT2D eigenvalue weighted by molar-refractivity contribution is 0.0842. The lowest BCUT2D eigenvalue weighted by atomic mass is 9.86. The molecule has 4 rings (SSSR count). The van der Waals surface area contributed by atoms with Crippen LogP contribution in [0.3, 0.4) is 0 Å². The SMILES string of the molecule is CC1(C)CCc2cc(C3COc4cc(O)ccc4C3)c(O)cc2O1. The summed E-state index contributed by atoms with van der Waals surface area (Å²) in [4.78, 5) is 0. The van der Waals surface area contributed by atoms with E-state index >= 15 is 0 Å². The molecular formula is C20H22O4. The third kappa shape index (κ3) is 2.66. The van der Waals surface area contributed by atoms with Crippen molar-refractivity contribution in [3.63, 3.8) is 0 Å². The highest BCUT2D eigenvalue weighted by Crippen LogP contribution is 2.42. The fourth-order valence-electron chi connectivity index (χ4n) is 3.60. The van der Waals surface area contributed by atoms with Crippen LogP contribution >= 0.6 is 0 Å². The van der Waals surface area contributed by atoms with Crippen LogP contribution in [0.1, 0.15) is 42.9 Å². The molecule has 24 heavy (non-hydrogen) atoms. The summed E-state index contributed by atoms with van der Waals surface area (Å²) in [5.74, 6) is 2.09. The van der Waals surface area contributed by atoms with Crippen LogP contribution in [0.15, 0.2) is 30.3 Å². The average molecular weight is 326 g/mol. The molecule has 2 aliphatic heterocycles. The summed E-state index contributed by atoms with van der Waals surface area (Å²) in [6.07, 6.45) is 2.70. The van der Waals surface area contributed by atoms with Crippen LogP contribution in [-0.2, 0) is 12.8 Å². The van der Waals surface area contributed by atoms with Gasteiger partial charge in [0.2, 0.25) is 0 Å². The molecule has 1 unspecified atom stereocenters. The van der Waals surface area contributed by atoms with Crippen LogP contribution in [0.2, 0.25) is 0 Å². The van der Waals surface area contributed by atoms with E-state index in [2.05, 4.69) is 19.9 Å². The maximum Gasteiger partial charge on any atom is 0.127 e. The normalized spacial score (nSPS) is 21.2. The zero-order valence-corrected chi connectivity index (χ0v) is 14.0. The van der Waals surface area contributed by atoms with Crippen molar-refractivity contribution in [1.29, 1.82) is 0 Å². The molecule has 0 saturated heterocycles. The second-order valence-corrected chi connectivity index (χ2v) is 7.38. The van der Waals surface area contributed by atoms with E-state index in [1.165, 1.54) is 0 Å². The van der Waals surface area contributed by atoms with Crippen molar-refractivity contribution in [2.45, 2.75) is 44.6 Å². The highest BCUT2D eigenvalue weighted by atomic mass is 16.5. The Labute approximate surface area is 141 Å². The van der Waals surface area contributed by atoms with Gasteiger partial charge in [0, 0.05) is 23.6 Å². The van der Waals surface area contributed by atoms with Crippen LogP contribution in [-0.4, -0.2) is 22.4 Å². The first-order valence-corrected chi connectivity index (χ1v) is 8.41. The number of aryl methyl sites for hydroxylation is 1. The first-order chi connectivity index (χ1) is 11.4. The third-order valence-electron chi connectivity index (χ3n) is 4.99. The van der Waals surface area contributed by atoms with E-state index in [0.717, 1.165) is 47.5 Å². The molecular weight excluding hydrogens is 304 g/mol. The van der Waals surface area contributed by atoms with E-state index in [1.807, 2.05) is 6.07 Å². The van der Waals surface area contributed by atoms with Crippen molar-refractivity contribution in [2.75, 3.05) is 6.61 Å². The average Bonchev–Trinajstić information content (AvgIpc) is 2.53. The highest BCUT2D eigenvalue weighted by Gasteiger charge is 2.30. The fourth-order valence-corrected chi connectivity index (χ4v) is 3.60. The fraction of sp³-hybridized carbons (Fsp3) is 0.400. The largest absolute Gasteiger partial charge is 0.508 e. The molecule has 1 atom stereocenters. The van der Waals surface area contributed by atoms with Gasteiger partial charge >= 0.3 is 0 Å².